The van der Waals surface area contributed by atoms with Gasteiger partial charge >= 0.3 is 11.9 Å². The second-order valence-corrected chi connectivity index (χ2v) is 4.09. The van der Waals surface area contributed by atoms with E-state index < -0.39 is 23.3 Å². The Morgan fingerprint density at radius 3 is 2.19 bits per heavy atom. The molecule has 6 heteroatoms. The van der Waals surface area contributed by atoms with Crippen molar-refractivity contribution in [2.24, 2.45) is 0 Å². The molecule has 0 saturated carbocycles. The summed E-state index contributed by atoms with van der Waals surface area (Å²) in [5, 5.41) is 9.57. The van der Waals surface area contributed by atoms with Crippen LogP contribution in [-0.2, 0) is 19.1 Å². The lowest BCUT2D eigenvalue weighted by Gasteiger charge is -2.19. The number of carbonyl (C=O) groups excluding carboxylic acids is 2. The molecule has 1 N–H and O–H groups in total. The van der Waals surface area contributed by atoms with Crippen LogP contribution in [0.25, 0.3) is 0 Å². The summed E-state index contributed by atoms with van der Waals surface area (Å²) in [5.41, 5.74) is 0. The fraction of sp³-hybridized carbons (Fsp3) is 0.800. The standard InChI is InChI=1S/C10H18O5S/c1-3-5-14-8(11)7-10(13,16)9(12)15-6-4-2/h13,16H,3-7H2,1-2H3. The first kappa shape index (κ1) is 15.2. The first-order chi connectivity index (χ1) is 7.44. The largest absolute Gasteiger partial charge is 0.466 e. The van der Waals surface area contributed by atoms with E-state index in [1.807, 2.05) is 13.8 Å². The van der Waals surface area contributed by atoms with Gasteiger partial charge in [0.15, 0.2) is 0 Å². The zero-order valence-electron chi connectivity index (χ0n) is 9.56. The maximum absolute atomic E-state index is 11.3. The Morgan fingerprint density at radius 1 is 1.19 bits per heavy atom. The van der Waals surface area contributed by atoms with Crippen LogP contribution >= 0.6 is 12.6 Å². The van der Waals surface area contributed by atoms with Crippen molar-refractivity contribution in [3.8, 4) is 0 Å². The molecule has 0 amide bonds. The van der Waals surface area contributed by atoms with Crippen LogP contribution in [0.2, 0.25) is 0 Å². The highest BCUT2D eigenvalue weighted by atomic mass is 32.1. The summed E-state index contributed by atoms with van der Waals surface area (Å²) in [6.07, 6.45) is 0.797. The summed E-state index contributed by atoms with van der Waals surface area (Å²) in [7, 11) is 0. The average molecular weight is 250 g/mol. The van der Waals surface area contributed by atoms with Crippen molar-refractivity contribution in [1.82, 2.24) is 0 Å². The summed E-state index contributed by atoms with van der Waals surface area (Å²) < 4.78 is 9.41. The number of rotatable bonds is 7. The molecule has 5 nitrogen and oxygen atoms in total. The van der Waals surface area contributed by atoms with E-state index in [2.05, 4.69) is 17.4 Å². The third-order valence-electron chi connectivity index (χ3n) is 1.62. The number of esters is 2. The molecule has 94 valence electrons. The molecular weight excluding hydrogens is 232 g/mol. The zero-order chi connectivity index (χ0) is 12.6. The maximum atomic E-state index is 11.3. The molecule has 0 aliphatic heterocycles. The summed E-state index contributed by atoms with van der Waals surface area (Å²) in [6.45, 7) is 4.11. The van der Waals surface area contributed by atoms with Crippen LogP contribution in [0, 0.1) is 0 Å². The Morgan fingerprint density at radius 2 is 1.69 bits per heavy atom. The first-order valence-electron chi connectivity index (χ1n) is 5.21. The van der Waals surface area contributed by atoms with Gasteiger partial charge in [-0.2, -0.15) is 0 Å². The quantitative estimate of drug-likeness (QED) is 0.399. The molecule has 0 saturated heterocycles. The van der Waals surface area contributed by atoms with E-state index in [-0.39, 0.29) is 13.2 Å². The van der Waals surface area contributed by atoms with Gasteiger partial charge in [-0.05, 0) is 12.8 Å². The third kappa shape index (κ3) is 5.97. The number of ether oxygens (including phenoxy) is 2. The average Bonchev–Trinajstić information content (AvgIpc) is 2.22. The molecule has 0 aliphatic rings. The van der Waals surface area contributed by atoms with Gasteiger partial charge in [0.2, 0.25) is 4.93 Å². The summed E-state index contributed by atoms with van der Waals surface area (Å²) in [6, 6.07) is 0. The molecule has 0 aliphatic carbocycles. The van der Waals surface area contributed by atoms with Crippen molar-refractivity contribution in [1.29, 1.82) is 0 Å². The molecule has 1 atom stereocenters. The fourth-order valence-electron chi connectivity index (χ4n) is 0.851. The molecule has 0 aromatic carbocycles. The summed E-state index contributed by atoms with van der Waals surface area (Å²) >= 11 is 3.70. The number of hydrogen-bond acceptors (Lipinski definition) is 6. The smallest absolute Gasteiger partial charge is 0.349 e. The highest BCUT2D eigenvalue weighted by Crippen LogP contribution is 2.18. The number of carbonyl (C=O) groups is 2. The van der Waals surface area contributed by atoms with Crippen LogP contribution in [0.4, 0.5) is 0 Å². The second kappa shape index (κ2) is 7.51. The highest BCUT2D eigenvalue weighted by Gasteiger charge is 2.36. The van der Waals surface area contributed by atoms with Gasteiger partial charge in [0.1, 0.15) is 0 Å². The van der Waals surface area contributed by atoms with Gasteiger partial charge < -0.3 is 14.6 Å². The SMILES string of the molecule is CCCOC(=O)CC(O)(S)C(=O)OCCC. The van der Waals surface area contributed by atoms with Crippen LogP contribution in [0.5, 0.6) is 0 Å². The Hall–Kier alpha value is -0.750. The minimum Gasteiger partial charge on any atom is -0.466 e. The predicted octanol–water partition coefficient (Wildman–Crippen LogP) is 0.901. The molecule has 0 bridgehead atoms. The van der Waals surface area contributed by atoms with Crippen molar-refractivity contribution >= 4 is 24.6 Å². The topological polar surface area (TPSA) is 72.8 Å². The molecule has 0 aromatic heterocycles. The van der Waals surface area contributed by atoms with E-state index in [9.17, 15) is 14.7 Å². The normalized spacial score (nSPS) is 14.0. The Labute approximate surface area is 101 Å². The van der Waals surface area contributed by atoms with Crippen molar-refractivity contribution < 1.29 is 24.2 Å². The summed E-state index contributed by atoms with van der Waals surface area (Å²) in [4.78, 5) is 20.3. The molecule has 0 radical (unpaired) electrons. The molecular formula is C10H18O5S. The Balaban J connectivity index is 4.11. The maximum Gasteiger partial charge on any atom is 0.349 e. The van der Waals surface area contributed by atoms with Gasteiger partial charge in [0, 0.05) is 0 Å². The van der Waals surface area contributed by atoms with Crippen LogP contribution in [0.1, 0.15) is 33.1 Å². The van der Waals surface area contributed by atoms with Crippen molar-refractivity contribution in [3.63, 3.8) is 0 Å². The van der Waals surface area contributed by atoms with Gasteiger partial charge in [0.05, 0.1) is 19.6 Å². The van der Waals surface area contributed by atoms with E-state index >= 15 is 0 Å². The van der Waals surface area contributed by atoms with Gasteiger partial charge in [-0.1, -0.05) is 13.8 Å². The zero-order valence-corrected chi connectivity index (χ0v) is 10.5. The van der Waals surface area contributed by atoms with E-state index in [1.54, 1.807) is 0 Å². The lowest BCUT2D eigenvalue weighted by atomic mass is 10.2. The lowest BCUT2D eigenvalue weighted by Crippen LogP contribution is -2.37. The molecule has 0 fully saturated rings. The van der Waals surface area contributed by atoms with Crippen LogP contribution in [-0.4, -0.2) is 35.2 Å². The minimum absolute atomic E-state index is 0.186. The Bertz CT molecular complexity index is 239. The van der Waals surface area contributed by atoms with Gasteiger partial charge in [-0.25, -0.2) is 4.79 Å². The van der Waals surface area contributed by atoms with Crippen LogP contribution in [0.15, 0.2) is 0 Å². The van der Waals surface area contributed by atoms with Crippen molar-refractivity contribution in [2.45, 2.75) is 38.0 Å². The van der Waals surface area contributed by atoms with Crippen molar-refractivity contribution in [2.75, 3.05) is 13.2 Å². The molecule has 0 spiro atoms. The van der Waals surface area contributed by atoms with Gasteiger partial charge in [0.25, 0.3) is 0 Å². The molecule has 0 rings (SSSR count). The monoisotopic (exact) mass is 250 g/mol. The third-order valence-corrected chi connectivity index (χ3v) is 1.96. The van der Waals surface area contributed by atoms with Gasteiger partial charge in [-0.3, -0.25) is 4.79 Å². The first-order valence-corrected chi connectivity index (χ1v) is 5.66. The molecule has 1 unspecified atom stereocenters. The van der Waals surface area contributed by atoms with E-state index in [1.165, 1.54) is 0 Å². The molecule has 16 heavy (non-hydrogen) atoms. The van der Waals surface area contributed by atoms with E-state index in [0.717, 1.165) is 0 Å². The summed E-state index contributed by atoms with van der Waals surface area (Å²) in [5.74, 6) is -1.60. The number of aliphatic hydroxyl groups is 1. The van der Waals surface area contributed by atoms with E-state index in [0.29, 0.717) is 12.8 Å². The van der Waals surface area contributed by atoms with Crippen LogP contribution < -0.4 is 0 Å². The van der Waals surface area contributed by atoms with Crippen molar-refractivity contribution in [3.05, 3.63) is 0 Å². The number of thiol groups is 1. The number of hydrogen-bond donors (Lipinski definition) is 2. The molecule has 0 aromatic rings. The van der Waals surface area contributed by atoms with E-state index in [4.69, 9.17) is 4.74 Å². The lowest BCUT2D eigenvalue weighted by molar-refractivity contribution is -0.163. The molecule has 0 heterocycles. The Kier molecular flexibility index (Phi) is 7.16. The second-order valence-electron chi connectivity index (χ2n) is 3.35. The fourth-order valence-corrected chi connectivity index (χ4v) is 1.04. The highest BCUT2D eigenvalue weighted by molar-refractivity contribution is 7.82. The predicted molar refractivity (Wildman–Crippen MR) is 61.1 cm³/mol. The van der Waals surface area contributed by atoms with Gasteiger partial charge in [-0.15, -0.1) is 12.6 Å². The van der Waals surface area contributed by atoms with Crippen LogP contribution in [0.3, 0.4) is 0 Å². The minimum atomic E-state index is -2.11.